The molecule has 9 nitrogen and oxygen atoms in total. The number of rotatable bonds is 8. The van der Waals surface area contributed by atoms with Gasteiger partial charge in [-0.25, -0.2) is 18.1 Å². The summed E-state index contributed by atoms with van der Waals surface area (Å²) >= 11 is 0. The zero-order valence-corrected chi connectivity index (χ0v) is 20.4. The second-order valence-corrected chi connectivity index (χ2v) is 10.4. The molecular formula is C24H30N4O5S. The lowest BCUT2D eigenvalue weighted by Crippen LogP contribution is -2.41. The number of H-pyrrole nitrogens is 1. The molecule has 1 fully saturated rings. The minimum absolute atomic E-state index is 0.172. The van der Waals surface area contributed by atoms with E-state index in [1.54, 1.807) is 43.5 Å². The number of hydrogen-bond acceptors (Lipinski definition) is 7. The fourth-order valence-electron chi connectivity index (χ4n) is 4.29. The lowest BCUT2D eigenvalue weighted by Gasteiger charge is -2.32. The molecule has 1 atom stereocenters. The molecule has 2 heterocycles. The molecule has 0 radical (unpaired) electrons. The van der Waals surface area contributed by atoms with E-state index >= 15 is 0 Å². The van der Waals surface area contributed by atoms with Gasteiger partial charge in [0, 0.05) is 19.2 Å². The number of sulfonamides is 1. The molecule has 0 bridgehead atoms. The minimum Gasteiger partial charge on any atom is -0.493 e. The summed E-state index contributed by atoms with van der Waals surface area (Å²) in [5.41, 5.74) is 1.32. The Labute approximate surface area is 199 Å². The SMILES string of the molecule is COc1cc2nc(CN3CCCC(CNS(=O)(=O)c4ccc(C)cc4)C3)[nH]c(=O)c2cc1OC. The van der Waals surface area contributed by atoms with Gasteiger partial charge in [0.05, 0.1) is 36.6 Å². The minimum atomic E-state index is -3.55. The van der Waals surface area contributed by atoms with Crippen molar-refractivity contribution in [2.45, 2.75) is 31.2 Å². The molecule has 1 saturated heterocycles. The van der Waals surface area contributed by atoms with E-state index in [1.807, 2.05) is 6.92 Å². The second-order valence-electron chi connectivity index (χ2n) is 8.65. The highest BCUT2D eigenvalue weighted by atomic mass is 32.2. The molecule has 0 spiro atoms. The molecule has 1 aromatic heterocycles. The van der Waals surface area contributed by atoms with Crippen LogP contribution >= 0.6 is 0 Å². The summed E-state index contributed by atoms with van der Waals surface area (Å²) in [6.45, 7) is 4.33. The van der Waals surface area contributed by atoms with Crippen molar-refractivity contribution in [2.24, 2.45) is 5.92 Å². The van der Waals surface area contributed by atoms with Gasteiger partial charge < -0.3 is 14.5 Å². The van der Waals surface area contributed by atoms with Crippen LogP contribution in [-0.2, 0) is 16.6 Å². The number of methoxy groups -OCH3 is 2. The van der Waals surface area contributed by atoms with Gasteiger partial charge in [-0.15, -0.1) is 0 Å². The monoisotopic (exact) mass is 486 g/mol. The molecule has 1 aliphatic heterocycles. The zero-order valence-electron chi connectivity index (χ0n) is 19.6. The smallest absolute Gasteiger partial charge is 0.258 e. The van der Waals surface area contributed by atoms with Crippen LogP contribution < -0.4 is 19.8 Å². The molecule has 4 rings (SSSR count). The van der Waals surface area contributed by atoms with Gasteiger partial charge in [0.2, 0.25) is 10.0 Å². The average molecular weight is 487 g/mol. The van der Waals surface area contributed by atoms with E-state index in [2.05, 4.69) is 19.6 Å². The van der Waals surface area contributed by atoms with Gasteiger partial charge in [0.15, 0.2) is 11.5 Å². The molecule has 3 aromatic rings. The van der Waals surface area contributed by atoms with Crippen molar-refractivity contribution in [1.82, 2.24) is 19.6 Å². The maximum absolute atomic E-state index is 12.7. The maximum Gasteiger partial charge on any atom is 0.258 e. The largest absolute Gasteiger partial charge is 0.493 e. The molecule has 0 amide bonds. The lowest BCUT2D eigenvalue weighted by atomic mass is 9.98. The molecule has 34 heavy (non-hydrogen) atoms. The lowest BCUT2D eigenvalue weighted by molar-refractivity contribution is 0.165. The van der Waals surface area contributed by atoms with Crippen LogP contribution in [0.25, 0.3) is 10.9 Å². The van der Waals surface area contributed by atoms with Crippen molar-refractivity contribution in [1.29, 1.82) is 0 Å². The Hall–Kier alpha value is -2.95. The quantitative estimate of drug-likeness (QED) is 0.503. The number of ether oxygens (including phenoxy) is 2. The number of aromatic nitrogens is 2. The van der Waals surface area contributed by atoms with Crippen molar-refractivity contribution in [3.63, 3.8) is 0 Å². The van der Waals surface area contributed by atoms with Crippen LogP contribution in [0.2, 0.25) is 0 Å². The summed E-state index contributed by atoms with van der Waals surface area (Å²) in [6, 6.07) is 10.2. The van der Waals surface area contributed by atoms with Crippen LogP contribution in [0.15, 0.2) is 46.1 Å². The predicted molar refractivity (Wildman–Crippen MR) is 130 cm³/mol. The average Bonchev–Trinajstić information content (AvgIpc) is 2.82. The van der Waals surface area contributed by atoms with E-state index in [9.17, 15) is 13.2 Å². The van der Waals surface area contributed by atoms with Crippen LogP contribution in [-0.4, -0.2) is 57.1 Å². The van der Waals surface area contributed by atoms with E-state index in [0.717, 1.165) is 24.9 Å². The standard InChI is InChI=1S/C24H30N4O5S/c1-16-6-8-18(9-7-16)34(30,31)25-13-17-5-4-10-28(14-17)15-23-26-20-12-22(33-3)21(32-2)11-19(20)24(29)27-23/h6-9,11-12,17,25H,4-5,10,13-15H2,1-3H3,(H,26,27,29). The van der Waals surface area contributed by atoms with Crippen molar-refractivity contribution in [3.05, 3.63) is 58.1 Å². The van der Waals surface area contributed by atoms with Crippen LogP contribution in [0.3, 0.4) is 0 Å². The molecule has 1 aliphatic rings. The third-order valence-electron chi connectivity index (χ3n) is 6.13. The number of nitrogens with zero attached hydrogens (tertiary/aromatic N) is 2. The first-order valence-corrected chi connectivity index (χ1v) is 12.7. The number of benzene rings is 2. The Kier molecular flexibility index (Phi) is 7.20. The van der Waals surface area contributed by atoms with Gasteiger partial charge in [-0.3, -0.25) is 9.69 Å². The number of piperidine rings is 1. The molecule has 0 saturated carbocycles. The van der Waals surface area contributed by atoms with Gasteiger partial charge >= 0.3 is 0 Å². The normalized spacial score (nSPS) is 17.1. The first-order valence-electron chi connectivity index (χ1n) is 11.2. The van der Waals surface area contributed by atoms with Gasteiger partial charge in [-0.05, 0) is 50.4 Å². The highest BCUT2D eigenvalue weighted by molar-refractivity contribution is 7.89. The zero-order chi connectivity index (χ0) is 24.3. The Balaban J connectivity index is 1.43. The molecule has 0 aliphatic carbocycles. The van der Waals surface area contributed by atoms with E-state index in [4.69, 9.17) is 9.47 Å². The number of fused-ring (bicyclic) bond motifs is 1. The number of aryl methyl sites for hydroxylation is 1. The van der Waals surface area contributed by atoms with Crippen molar-refractivity contribution >= 4 is 20.9 Å². The van der Waals surface area contributed by atoms with Crippen LogP contribution in [0, 0.1) is 12.8 Å². The highest BCUT2D eigenvalue weighted by Crippen LogP contribution is 2.30. The van der Waals surface area contributed by atoms with Crippen molar-refractivity contribution in [3.8, 4) is 11.5 Å². The molecule has 10 heteroatoms. The van der Waals surface area contributed by atoms with Crippen LogP contribution in [0.5, 0.6) is 11.5 Å². The van der Waals surface area contributed by atoms with E-state index in [0.29, 0.717) is 47.9 Å². The Morgan fingerprint density at radius 3 is 2.56 bits per heavy atom. The predicted octanol–water partition coefficient (Wildman–Crippen LogP) is 2.44. The van der Waals surface area contributed by atoms with E-state index < -0.39 is 10.0 Å². The second kappa shape index (κ2) is 10.1. The molecular weight excluding hydrogens is 456 g/mol. The van der Waals surface area contributed by atoms with E-state index in [1.165, 1.54) is 7.11 Å². The summed E-state index contributed by atoms with van der Waals surface area (Å²) in [6.07, 6.45) is 1.88. The number of nitrogens with one attached hydrogen (secondary N) is 2. The summed E-state index contributed by atoms with van der Waals surface area (Å²) in [7, 11) is -0.484. The van der Waals surface area contributed by atoms with Gasteiger partial charge in [0.25, 0.3) is 5.56 Å². The molecule has 182 valence electrons. The summed E-state index contributed by atoms with van der Waals surface area (Å²) in [4.78, 5) is 22.6. The molecule has 1 unspecified atom stereocenters. The van der Waals surface area contributed by atoms with Crippen molar-refractivity contribution < 1.29 is 17.9 Å². The number of aromatic amines is 1. The summed E-state index contributed by atoms with van der Waals surface area (Å²) in [5, 5.41) is 0.434. The van der Waals surface area contributed by atoms with Crippen molar-refractivity contribution in [2.75, 3.05) is 33.9 Å². The molecule has 2 aromatic carbocycles. The fourth-order valence-corrected chi connectivity index (χ4v) is 5.41. The van der Waals surface area contributed by atoms with E-state index in [-0.39, 0.29) is 16.4 Å². The highest BCUT2D eigenvalue weighted by Gasteiger charge is 2.23. The van der Waals surface area contributed by atoms with Crippen LogP contribution in [0.4, 0.5) is 0 Å². The third-order valence-corrected chi connectivity index (χ3v) is 7.57. The summed E-state index contributed by atoms with van der Waals surface area (Å²) in [5.74, 6) is 1.72. The number of hydrogen-bond donors (Lipinski definition) is 2. The maximum atomic E-state index is 12.7. The number of likely N-dealkylation sites (tertiary alicyclic amines) is 1. The Bertz CT molecular complexity index is 1320. The van der Waals surface area contributed by atoms with Gasteiger partial charge in [-0.2, -0.15) is 0 Å². The first kappa shape index (κ1) is 24.2. The Morgan fingerprint density at radius 2 is 1.85 bits per heavy atom. The van der Waals surface area contributed by atoms with Crippen LogP contribution in [0.1, 0.15) is 24.2 Å². The third kappa shape index (κ3) is 5.40. The first-order chi connectivity index (χ1) is 16.3. The fraction of sp³-hybridized carbons (Fsp3) is 0.417. The molecule has 2 N–H and O–H groups in total. The topological polar surface area (TPSA) is 114 Å². The van der Waals surface area contributed by atoms with Gasteiger partial charge in [-0.1, -0.05) is 17.7 Å². The summed E-state index contributed by atoms with van der Waals surface area (Å²) < 4.78 is 38.6. The van der Waals surface area contributed by atoms with Gasteiger partial charge in [0.1, 0.15) is 5.82 Å². The Morgan fingerprint density at radius 1 is 1.15 bits per heavy atom.